The Labute approximate surface area is 127 Å². The van der Waals surface area contributed by atoms with Crippen LogP contribution in [0.2, 0.25) is 0 Å². The fourth-order valence-electron chi connectivity index (χ4n) is 3.10. The zero-order chi connectivity index (χ0) is 15.2. The van der Waals surface area contributed by atoms with Gasteiger partial charge in [0.05, 0.1) is 6.54 Å². The molecule has 0 bridgehead atoms. The SMILES string of the molecule is CCc1ccc(C(CC)N2CCN(CC(=O)O)CC2)cc1. The van der Waals surface area contributed by atoms with Gasteiger partial charge < -0.3 is 5.11 Å². The Bertz CT molecular complexity index is 450. The number of rotatable bonds is 6. The molecule has 0 aliphatic carbocycles. The van der Waals surface area contributed by atoms with Crippen molar-refractivity contribution in [1.29, 1.82) is 0 Å². The molecule has 116 valence electrons. The van der Waals surface area contributed by atoms with Crippen molar-refractivity contribution in [1.82, 2.24) is 9.80 Å². The number of hydrogen-bond donors (Lipinski definition) is 1. The van der Waals surface area contributed by atoms with E-state index >= 15 is 0 Å². The maximum Gasteiger partial charge on any atom is 0.317 e. The second kappa shape index (κ2) is 7.57. The smallest absolute Gasteiger partial charge is 0.317 e. The van der Waals surface area contributed by atoms with E-state index in [0.717, 1.165) is 39.0 Å². The van der Waals surface area contributed by atoms with E-state index in [9.17, 15) is 4.79 Å². The van der Waals surface area contributed by atoms with Gasteiger partial charge in [-0.3, -0.25) is 14.6 Å². The Morgan fingerprint density at radius 3 is 2.24 bits per heavy atom. The topological polar surface area (TPSA) is 43.8 Å². The van der Waals surface area contributed by atoms with Gasteiger partial charge >= 0.3 is 5.97 Å². The predicted octanol–water partition coefficient (Wildman–Crippen LogP) is 2.40. The highest BCUT2D eigenvalue weighted by Gasteiger charge is 2.24. The van der Waals surface area contributed by atoms with Crippen LogP contribution in [-0.2, 0) is 11.2 Å². The maximum atomic E-state index is 10.8. The van der Waals surface area contributed by atoms with Crippen LogP contribution in [0, 0.1) is 0 Å². The van der Waals surface area contributed by atoms with Gasteiger partial charge in [-0.15, -0.1) is 0 Å². The van der Waals surface area contributed by atoms with Crippen LogP contribution in [0.15, 0.2) is 24.3 Å². The number of benzene rings is 1. The molecule has 0 spiro atoms. The molecular weight excluding hydrogens is 264 g/mol. The first kappa shape index (κ1) is 16.0. The molecule has 2 rings (SSSR count). The first-order valence-corrected chi connectivity index (χ1v) is 7.91. The van der Waals surface area contributed by atoms with Crippen LogP contribution in [-0.4, -0.2) is 53.6 Å². The van der Waals surface area contributed by atoms with Gasteiger partial charge in [-0.2, -0.15) is 0 Å². The Morgan fingerprint density at radius 2 is 1.76 bits per heavy atom. The molecule has 1 aromatic carbocycles. The van der Waals surface area contributed by atoms with Crippen LogP contribution < -0.4 is 0 Å². The van der Waals surface area contributed by atoms with Gasteiger partial charge in [0.15, 0.2) is 0 Å². The molecule has 1 unspecified atom stereocenters. The fraction of sp³-hybridized carbons (Fsp3) is 0.588. The van der Waals surface area contributed by atoms with Crippen LogP contribution in [0.5, 0.6) is 0 Å². The van der Waals surface area contributed by atoms with Crippen molar-refractivity contribution < 1.29 is 9.90 Å². The Hall–Kier alpha value is -1.39. The van der Waals surface area contributed by atoms with Crippen molar-refractivity contribution in [2.24, 2.45) is 0 Å². The molecule has 0 radical (unpaired) electrons. The number of piperazine rings is 1. The molecule has 0 aromatic heterocycles. The Morgan fingerprint density at radius 1 is 1.14 bits per heavy atom. The lowest BCUT2D eigenvalue weighted by Gasteiger charge is -2.38. The number of carboxylic acids is 1. The fourth-order valence-corrected chi connectivity index (χ4v) is 3.10. The van der Waals surface area contributed by atoms with Crippen molar-refractivity contribution in [3.05, 3.63) is 35.4 Å². The molecule has 1 fully saturated rings. The molecule has 1 atom stereocenters. The van der Waals surface area contributed by atoms with Gasteiger partial charge in [0.2, 0.25) is 0 Å². The Kier molecular flexibility index (Phi) is 5.76. The summed E-state index contributed by atoms with van der Waals surface area (Å²) in [5, 5.41) is 8.86. The van der Waals surface area contributed by atoms with Crippen LogP contribution in [0.1, 0.15) is 37.4 Å². The highest BCUT2D eigenvalue weighted by Crippen LogP contribution is 2.25. The number of aliphatic carboxylic acids is 1. The minimum absolute atomic E-state index is 0.163. The third-order valence-electron chi connectivity index (χ3n) is 4.37. The second-order valence-corrected chi connectivity index (χ2v) is 5.73. The molecule has 4 nitrogen and oxygen atoms in total. The van der Waals surface area contributed by atoms with E-state index in [0.29, 0.717) is 6.04 Å². The molecule has 1 aliphatic rings. The van der Waals surface area contributed by atoms with Crippen LogP contribution in [0.4, 0.5) is 0 Å². The quantitative estimate of drug-likeness (QED) is 0.874. The third-order valence-corrected chi connectivity index (χ3v) is 4.37. The van der Waals surface area contributed by atoms with E-state index in [1.165, 1.54) is 11.1 Å². The minimum atomic E-state index is -0.731. The summed E-state index contributed by atoms with van der Waals surface area (Å²) in [4.78, 5) is 15.3. The van der Waals surface area contributed by atoms with Crippen molar-refractivity contribution in [3.8, 4) is 0 Å². The van der Waals surface area contributed by atoms with Gasteiger partial charge in [0, 0.05) is 32.2 Å². The van der Waals surface area contributed by atoms with E-state index in [-0.39, 0.29) is 6.54 Å². The molecule has 0 saturated carbocycles. The number of hydrogen-bond acceptors (Lipinski definition) is 3. The maximum absolute atomic E-state index is 10.8. The van der Waals surface area contributed by atoms with Crippen LogP contribution in [0.3, 0.4) is 0 Å². The number of aryl methyl sites for hydroxylation is 1. The van der Waals surface area contributed by atoms with Crippen molar-refractivity contribution in [2.75, 3.05) is 32.7 Å². The van der Waals surface area contributed by atoms with E-state index in [2.05, 4.69) is 43.0 Å². The summed E-state index contributed by atoms with van der Waals surface area (Å²) < 4.78 is 0. The zero-order valence-corrected chi connectivity index (χ0v) is 13.1. The normalized spacial score (nSPS) is 18.6. The summed E-state index contributed by atoms with van der Waals surface area (Å²) in [7, 11) is 0. The van der Waals surface area contributed by atoms with Crippen LogP contribution >= 0.6 is 0 Å². The number of carboxylic acid groups (broad SMARTS) is 1. The van der Waals surface area contributed by atoms with E-state index in [1.54, 1.807) is 0 Å². The molecule has 1 aliphatic heterocycles. The van der Waals surface area contributed by atoms with Gasteiger partial charge in [0.1, 0.15) is 0 Å². The number of carbonyl (C=O) groups is 1. The van der Waals surface area contributed by atoms with Crippen molar-refractivity contribution in [2.45, 2.75) is 32.7 Å². The largest absolute Gasteiger partial charge is 0.480 e. The summed E-state index contributed by atoms with van der Waals surface area (Å²) >= 11 is 0. The highest BCUT2D eigenvalue weighted by atomic mass is 16.4. The molecule has 0 amide bonds. The summed E-state index contributed by atoms with van der Waals surface area (Å²) in [5.41, 5.74) is 2.75. The molecule has 1 heterocycles. The monoisotopic (exact) mass is 290 g/mol. The first-order chi connectivity index (χ1) is 10.1. The van der Waals surface area contributed by atoms with Gasteiger partial charge in [-0.1, -0.05) is 38.1 Å². The van der Waals surface area contributed by atoms with Gasteiger partial charge in [0.25, 0.3) is 0 Å². The average Bonchev–Trinajstić information content (AvgIpc) is 2.50. The zero-order valence-electron chi connectivity index (χ0n) is 13.1. The number of nitrogens with zero attached hydrogens (tertiary/aromatic N) is 2. The van der Waals surface area contributed by atoms with Crippen LogP contribution in [0.25, 0.3) is 0 Å². The molecule has 1 N–H and O–H groups in total. The lowest BCUT2D eigenvalue weighted by molar-refractivity contribution is -0.138. The highest BCUT2D eigenvalue weighted by molar-refractivity contribution is 5.69. The van der Waals surface area contributed by atoms with Crippen molar-refractivity contribution in [3.63, 3.8) is 0 Å². The molecule has 21 heavy (non-hydrogen) atoms. The summed E-state index contributed by atoms with van der Waals surface area (Å²) in [5.74, 6) is -0.731. The molecule has 1 aromatic rings. The molecule has 1 saturated heterocycles. The molecule has 4 heteroatoms. The van der Waals surface area contributed by atoms with E-state index in [1.807, 2.05) is 4.90 Å². The van der Waals surface area contributed by atoms with E-state index in [4.69, 9.17) is 5.11 Å². The van der Waals surface area contributed by atoms with E-state index < -0.39 is 5.97 Å². The summed E-state index contributed by atoms with van der Waals surface area (Å²) in [6.07, 6.45) is 2.16. The molecular formula is C17H26N2O2. The summed E-state index contributed by atoms with van der Waals surface area (Å²) in [6, 6.07) is 9.38. The summed E-state index contributed by atoms with van der Waals surface area (Å²) in [6.45, 7) is 8.14. The van der Waals surface area contributed by atoms with Gasteiger partial charge in [-0.05, 0) is 24.0 Å². The lowest BCUT2D eigenvalue weighted by atomic mass is 10.00. The minimum Gasteiger partial charge on any atom is -0.480 e. The Balaban J connectivity index is 1.97. The third kappa shape index (κ3) is 4.29. The predicted molar refractivity (Wildman–Crippen MR) is 84.5 cm³/mol. The lowest BCUT2D eigenvalue weighted by Crippen LogP contribution is -2.48. The van der Waals surface area contributed by atoms with Gasteiger partial charge in [-0.25, -0.2) is 0 Å². The average molecular weight is 290 g/mol. The first-order valence-electron chi connectivity index (χ1n) is 7.91. The van der Waals surface area contributed by atoms with Crippen molar-refractivity contribution >= 4 is 5.97 Å². The standard InChI is InChI=1S/C17H26N2O2/c1-3-14-5-7-15(8-6-14)16(4-2)19-11-9-18(10-12-19)13-17(20)21/h5-8,16H,3-4,9-13H2,1-2H3,(H,20,21). The second-order valence-electron chi connectivity index (χ2n) is 5.73.